The third-order valence-electron chi connectivity index (χ3n) is 4.28. The first-order valence-electron chi connectivity index (χ1n) is 8.34. The summed E-state index contributed by atoms with van der Waals surface area (Å²) in [6, 6.07) is 3.77. The highest BCUT2D eigenvalue weighted by Crippen LogP contribution is 2.24. The van der Waals surface area contributed by atoms with Crippen LogP contribution in [-0.2, 0) is 4.74 Å². The van der Waals surface area contributed by atoms with Crippen molar-refractivity contribution in [3.05, 3.63) is 28.8 Å². The van der Waals surface area contributed by atoms with Gasteiger partial charge in [0, 0.05) is 31.7 Å². The molecule has 1 aromatic carbocycles. The molecule has 0 unspecified atom stereocenters. The number of rotatable bonds is 3. The predicted octanol–water partition coefficient (Wildman–Crippen LogP) is 2.62. The number of carbonyl (C=O) groups is 2. The molecule has 2 rings (SSSR count). The van der Waals surface area contributed by atoms with Crippen LogP contribution in [0.5, 0.6) is 5.75 Å². The minimum Gasteiger partial charge on any atom is -0.496 e. The molecule has 1 aliphatic rings. The number of carbonyl (C=O) groups excluding carboxylic acids is 2. The fourth-order valence-electron chi connectivity index (χ4n) is 2.93. The minimum absolute atomic E-state index is 0.00367. The summed E-state index contributed by atoms with van der Waals surface area (Å²) in [5, 5.41) is 0. The van der Waals surface area contributed by atoms with Crippen LogP contribution in [-0.4, -0.2) is 61.7 Å². The Morgan fingerprint density at radius 1 is 1.04 bits per heavy atom. The first kappa shape index (κ1) is 18.1. The van der Waals surface area contributed by atoms with E-state index in [9.17, 15) is 9.59 Å². The van der Waals surface area contributed by atoms with Gasteiger partial charge in [0.1, 0.15) is 5.75 Å². The van der Waals surface area contributed by atoms with Crippen molar-refractivity contribution in [1.29, 1.82) is 0 Å². The van der Waals surface area contributed by atoms with Crippen LogP contribution < -0.4 is 4.74 Å². The van der Waals surface area contributed by atoms with E-state index in [1.54, 1.807) is 18.9 Å². The van der Waals surface area contributed by atoms with E-state index in [1.807, 2.05) is 30.9 Å². The van der Waals surface area contributed by atoms with Gasteiger partial charge in [0.2, 0.25) is 0 Å². The largest absolute Gasteiger partial charge is 0.496 e. The van der Waals surface area contributed by atoms with E-state index in [1.165, 1.54) is 0 Å². The van der Waals surface area contributed by atoms with Gasteiger partial charge in [0.25, 0.3) is 5.91 Å². The molecule has 0 N–H and O–H groups in total. The lowest BCUT2D eigenvalue weighted by atomic mass is 10.0. The third kappa shape index (κ3) is 3.99. The molecule has 0 saturated carbocycles. The number of benzene rings is 1. The third-order valence-corrected chi connectivity index (χ3v) is 4.28. The SMILES string of the molecule is CCOC(=O)N1CCCN(C(=O)c2cc(C)c(OC)cc2C)CC1. The smallest absolute Gasteiger partial charge is 0.409 e. The average Bonchev–Trinajstić information content (AvgIpc) is 2.82. The maximum Gasteiger partial charge on any atom is 0.409 e. The van der Waals surface area contributed by atoms with Gasteiger partial charge < -0.3 is 19.3 Å². The number of nitrogens with zero attached hydrogens (tertiary/aromatic N) is 2. The number of hydrogen-bond acceptors (Lipinski definition) is 4. The summed E-state index contributed by atoms with van der Waals surface area (Å²) in [6.07, 6.45) is 0.446. The van der Waals surface area contributed by atoms with E-state index in [0.717, 1.165) is 23.3 Å². The monoisotopic (exact) mass is 334 g/mol. The highest BCUT2D eigenvalue weighted by atomic mass is 16.6. The summed E-state index contributed by atoms with van der Waals surface area (Å²) < 4.78 is 10.4. The van der Waals surface area contributed by atoms with Crippen LogP contribution in [0.4, 0.5) is 4.79 Å². The highest BCUT2D eigenvalue weighted by Gasteiger charge is 2.24. The molecule has 1 saturated heterocycles. The van der Waals surface area contributed by atoms with Crippen molar-refractivity contribution >= 4 is 12.0 Å². The van der Waals surface area contributed by atoms with Gasteiger partial charge in [-0.1, -0.05) is 0 Å². The summed E-state index contributed by atoms with van der Waals surface area (Å²) in [5.41, 5.74) is 2.53. The van der Waals surface area contributed by atoms with Crippen LogP contribution in [0.25, 0.3) is 0 Å². The van der Waals surface area contributed by atoms with Crippen molar-refractivity contribution in [3.63, 3.8) is 0 Å². The Morgan fingerprint density at radius 3 is 2.38 bits per heavy atom. The lowest BCUT2D eigenvalue weighted by molar-refractivity contribution is 0.0752. The summed E-state index contributed by atoms with van der Waals surface area (Å²) in [4.78, 5) is 28.2. The molecule has 1 heterocycles. The Labute approximate surface area is 143 Å². The number of ether oxygens (including phenoxy) is 2. The van der Waals surface area contributed by atoms with E-state index in [2.05, 4.69) is 0 Å². The van der Waals surface area contributed by atoms with Crippen molar-refractivity contribution in [2.45, 2.75) is 27.2 Å². The lowest BCUT2D eigenvalue weighted by Gasteiger charge is -2.23. The second kappa shape index (κ2) is 8.04. The van der Waals surface area contributed by atoms with Crippen molar-refractivity contribution in [2.75, 3.05) is 39.9 Å². The first-order chi connectivity index (χ1) is 11.5. The molecule has 0 aromatic heterocycles. The number of amides is 2. The maximum atomic E-state index is 12.9. The zero-order valence-electron chi connectivity index (χ0n) is 14.9. The Morgan fingerprint density at radius 2 is 1.71 bits per heavy atom. The highest BCUT2D eigenvalue weighted by molar-refractivity contribution is 5.96. The second-order valence-corrected chi connectivity index (χ2v) is 5.97. The lowest BCUT2D eigenvalue weighted by Crippen LogP contribution is -2.37. The van der Waals surface area contributed by atoms with E-state index in [4.69, 9.17) is 9.47 Å². The average molecular weight is 334 g/mol. The fraction of sp³-hybridized carbons (Fsp3) is 0.556. The molecular formula is C18H26N2O4. The molecule has 132 valence electrons. The number of methoxy groups -OCH3 is 1. The summed E-state index contributed by atoms with van der Waals surface area (Å²) in [6.45, 7) is 8.27. The molecule has 0 spiro atoms. The normalized spacial score (nSPS) is 15.0. The van der Waals surface area contributed by atoms with Gasteiger partial charge in [-0.05, 0) is 50.5 Å². The molecule has 2 amide bonds. The summed E-state index contributed by atoms with van der Waals surface area (Å²) in [7, 11) is 1.63. The Hall–Kier alpha value is -2.24. The molecule has 1 aliphatic heterocycles. The Balaban J connectivity index is 2.11. The van der Waals surface area contributed by atoms with Crippen LogP contribution in [0.2, 0.25) is 0 Å². The van der Waals surface area contributed by atoms with Gasteiger partial charge in [0.05, 0.1) is 13.7 Å². The summed E-state index contributed by atoms with van der Waals surface area (Å²) >= 11 is 0. The first-order valence-corrected chi connectivity index (χ1v) is 8.34. The molecule has 24 heavy (non-hydrogen) atoms. The Kier molecular flexibility index (Phi) is 6.06. The molecule has 0 aliphatic carbocycles. The molecule has 0 radical (unpaired) electrons. The van der Waals surface area contributed by atoms with Crippen molar-refractivity contribution < 1.29 is 19.1 Å². The zero-order valence-corrected chi connectivity index (χ0v) is 14.9. The topological polar surface area (TPSA) is 59.1 Å². The molecular weight excluding hydrogens is 308 g/mol. The van der Waals surface area contributed by atoms with E-state index in [0.29, 0.717) is 38.3 Å². The molecule has 1 aromatic rings. The summed E-state index contributed by atoms with van der Waals surface area (Å²) in [5.74, 6) is 0.789. The maximum absolute atomic E-state index is 12.9. The van der Waals surface area contributed by atoms with Gasteiger partial charge in [-0.25, -0.2) is 4.79 Å². The predicted molar refractivity (Wildman–Crippen MR) is 91.6 cm³/mol. The van der Waals surface area contributed by atoms with Gasteiger partial charge in [-0.2, -0.15) is 0 Å². The van der Waals surface area contributed by atoms with Crippen LogP contribution >= 0.6 is 0 Å². The fourth-order valence-corrected chi connectivity index (χ4v) is 2.93. The minimum atomic E-state index is -0.303. The van der Waals surface area contributed by atoms with Crippen molar-refractivity contribution in [3.8, 4) is 5.75 Å². The van der Waals surface area contributed by atoms with Crippen LogP contribution in [0, 0.1) is 13.8 Å². The second-order valence-electron chi connectivity index (χ2n) is 5.97. The van der Waals surface area contributed by atoms with Crippen LogP contribution in [0.3, 0.4) is 0 Å². The van der Waals surface area contributed by atoms with Gasteiger partial charge in [-0.15, -0.1) is 0 Å². The van der Waals surface area contributed by atoms with Crippen molar-refractivity contribution in [1.82, 2.24) is 9.80 Å². The molecule has 6 nitrogen and oxygen atoms in total. The van der Waals surface area contributed by atoms with E-state index in [-0.39, 0.29) is 12.0 Å². The molecule has 6 heteroatoms. The van der Waals surface area contributed by atoms with Gasteiger partial charge in [-0.3, -0.25) is 4.79 Å². The quantitative estimate of drug-likeness (QED) is 0.852. The molecule has 0 atom stereocenters. The van der Waals surface area contributed by atoms with E-state index >= 15 is 0 Å². The van der Waals surface area contributed by atoms with Crippen LogP contribution in [0.1, 0.15) is 34.8 Å². The van der Waals surface area contributed by atoms with Gasteiger partial charge >= 0.3 is 6.09 Å². The molecule has 0 bridgehead atoms. The Bertz CT molecular complexity index is 615. The van der Waals surface area contributed by atoms with Gasteiger partial charge in [0.15, 0.2) is 0 Å². The zero-order chi connectivity index (χ0) is 17.7. The van der Waals surface area contributed by atoms with Crippen LogP contribution in [0.15, 0.2) is 12.1 Å². The number of hydrogen-bond donors (Lipinski definition) is 0. The standard InChI is InChI=1S/C18H26N2O4/c1-5-24-18(22)20-8-6-7-19(9-10-20)17(21)15-11-14(3)16(23-4)12-13(15)2/h11-12H,5-10H2,1-4H3. The van der Waals surface area contributed by atoms with Crippen molar-refractivity contribution in [2.24, 2.45) is 0 Å². The number of aryl methyl sites for hydroxylation is 2. The molecule has 1 fully saturated rings. The van der Waals surface area contributed by atoms with E-state index < -0.39 is 0 Å².